The van der Waals surface area contributed by atoms with Crippen LogP contribution < -0.4 is 0 Å². The molecule has 0 aliphatic heterocycles. The second-order valence-electron chi connectivity index (χ2n) is 6.00. The summed E-state index contributed by atoms with van der Waals surface area (Å²) in [4.78, 5) is 0. The second-order valence-corrected chi connectivity index (χ2v) is 6.00. The first-order valence-corrected chi connectivity index (χ1v) is 6.75. The van der Waals surface area contributed by atoms with Crippen molar-refractivity contribution in [2.45, 2.75) is 59.0 Å². The zero-order chi connectivity index (χ0) is 12.5. The first-order chi connectivity index (χ1) is 8.01. The Hall–Kier alpha value is -0.820. The van der Waals surface area contributed by atoms with Gasteiger partial charge in [-0.3, -0.25) is 0 Å². The molecule has 1 aliphatic carbocycles. The van der Waals surface area contributed by atoms with Gasteiger partial charge in [-0.25, -0.2) is 0 Å². The summed E-state index contributed by atoms with van der Waals surface area (Å²) in [5.41, 5.74) is 4.08. The predicted octanol–water partition coefficient (Wildman–Crippen LogP) is 3.79. The van der Waals surface area contributed by atoms with Crippen LogP contribution in [0.3, 0.4) is 0 Å². The van der Waals surface area contributed by atoms with E-state index in [0.717, 1.165) is 6.42 Å². The number of rotatable bonds is 3. The van der Waals surface area contributed by atoms with E-state index < -0.39 is 0 Å². The fourth-order valence-electron chi connectivity index (χ4n) is 2.92. The molecule has 0 amide bonds. The van der Waals surface area contributed by atoms with E-state index in [4.69, 9.17) is 0 Å². The summed E-state index contributed by atoms with van der Waals surface area (Å²) in [7, 11) is 0. The van der Waals surface area contributed by atoms with E-state index in [1.54, 1.807) is 0 Å². The summed E-state index contributed by atoms with van der Waals surface area (Å²) < 4.78 is 0. The van der Waals surface area contributed by atoms with Crippen LogP contribution in [0.1, 0.15) is 49.3 Å². The minimum atomic E-state index is -0.188. The molecule has 1 nitrogen and oxygen atoms in total. The minimum Gasteiger partial charge on any atom is -0.392 e. The first kappa shape index (κ1) is 12.6. The van der Waals surface area contributed by atoms with Crippen LogP contribution in [-0.4, -0.2) is 11.2 Å². The van der Waals surface area contributed by atoms with Gasteiger partial charge in [0.2, 0.25) is 0 Å². The third-order valence-corrected chi connectivity index (χ3v) is 4.55. The molecular weight excluding hydrogens is 208 g/mol. The Kier molecular flexibility index (Phi) is 3.58. The molecule has 2 rings (SSSR count). The molecule has 1 aliphatic rings. The van der Waals surface area contributed by atoms with Gasteiger partial charge in [0.15, 0.2) is 0 Å². The highest BCUT2D eigenvalue weighted by atomic mass is 16.3. The Labute approximate surface area is 105 Å². The van der Waals surface area contributed by atoms with Crippen LogP contribution in [0.5, 0.6) is 0 Å². The van der Waals surface area contributed by atoms with E-state index in [2.05, 4.69) is 39.0 Å². The van der Waals surface area contributed by atoms with E-state index in [1.807, 2.05) is 0 Å². The molecule has 0 heterocycles. The summed E-state index contributed by atoms with van der Waals surface area (Å²) in [6.45, 7) is 6.52. The number of aliphatic hydroxyl groups excluding tert-OH is 1. The van der Waals surface area contributed by atoms with E-state index in [9.17, 15) is 5.11 Å². The molecule has 1 saturated carbocycles. The van der Waals surface area contributed by atoms with Gasteiger partial charge in [-0.05, 0) is 55.2 Å². The van der Waals surface area contributed by atoms with Gasteiger partial charge in [0.25, 0.3) is 0 Å². The lowest BCUT2D eigenvalue weighted by Gasteiger charge is -2.30. The van der Waals surface area contributed by atoms with Crippen molar-refractivity contribution in [3.63, 3.8) is 0 Å². The van der Waals surface area contributed by atoms with E-state index >= 15 is 0 Å². The Morgan fingerprint density at radius 2 is 1.82 bits per heavy atom. The molecule has 1 unspecified atom stereocenters. The maximum atomic E-state index is 10.4. The molecule has 1 aromatic rings. The molecule has 1 atom stereocenters. The van der Waals surface area contributed by atoms with Crippen LogP contribution in [0, 0.1) is 19.3 Å². The number of aliphatic hydroxyl groups is 1. The van der Waals surface area contributed by atoms with Crippen LogP contribution >= 0.6 is 0 Å². The Morgan fingerprint density at radius 1 is 1.18 bits per heavy atom. The summed E-state index contributed by atoms with van der Waals surface area (Å²) >= 11 is 0. The van der Waals surface area contributed by atoms with Gasteiger partial charge in [-0.2, -0.15) is 0 Å². The normalized spacial score (nSPS) is 20.5. The van der Waals surface area contributed by atoms with Crippen molar-refractivity contribution in [1.29, 1.82) is 0 Å². The molecule has 1 fully saturated rings. The summed E-state index contributed by atoms with van der Waals surface area (Å²) in [6, 6.07) is 6.54. The van der Waals surface area contributed by atoms with Crippen LogP contribution in [0.25, 0.3) is 0 Å². The monoisotopic (exact) mass is 232 g/mol. The maximum Gasteiger partial charge on any atom is 0.0634 e. The van der Waals surface area contributed by atoms with Crippen molar-refractivity contribution in [2.75, 3.05) is 0 Å². The summed E-state index contributed by atoms with van der Waals surface area (Å²) in [5.74, 6) is 0. The van der Waals surface area contributed by atoms with E-state index in [-0.39, 0.29) is 11.5 Å². The van der Waals surface area contributed by atoms with E-state index in [1.165, 1.54) is 42.4 Å². The summed E-state index contributed by atoms with van der Waals surface area (Å²) in [6.07, 6.45) is 5.53. The van der Waals surface area contributed by atoms with Crippen LogP contribution in [0.15, 0.2) is 18.2 Å². The molecule has 1 N–H and O–H groups in total. The molecule has 1 aromatic carbocycles. The molecule has 0 aromatic heterocycles. The summed E-state index contributed by atoms with van der Waals surface area (Å²) in [5, 5.41) is 10.4. The van der Waals surface area contributed by atoms with Gasteiger partial charge >= 0.3 is 0 Å². The molecule has 0 saturated heterocycles. The quantitative estimate of drug-likeness (QED) is 0.840. The van der Waals surface area contributed by atoms with Crippen molar-refractivity contribution in [3.8, 4) is 0 Å². The molecule has 17 heavy (non-hydrogen) atoms. The van der Waals surface area contributed by atoms with Gasteiger partial charge < -0.3 is 5.11 Å². The Morgan fingerprint density at radius 3 is 2.41 bits per heavy atom. The molecule has 0 radical (unpaired) electrons. The highest BCUT2D eigenvalue weighted by Crippen LogP contribution is 2.41. The highest BCUT2D eigenvalue weighted by Gasteiger charge is 2.35. The first-order valence-electron chi connectivity index (χ1n) is 6.75. The number of benzene rings is 1. The number of hydrogen-bond acceptors (Lipinski definition) is 1. The van der Waals surface area contributed by atoms with Crippen LogP contribution in [0.2, 0.25) is 0 Å². The lowest BCUT2D eigenvalue weighted by Crippen LogP contribution is -2.31. The zero-order valence-corrected chi connectivity index (χ0v) is 11.3. The van der Waals surface area contributed by atoms with Crippen LogP contribution in [-0.2, 0) is 6.42 Å². The fraction of sp³-hybridized carbons (Fsp3) is 0.625. The zero-order valence-electron chi connectivity index (χ0n) is 11.3. The van der Waals surface area contributed by atoms with Crippen molar-refractivity contribution in [3.05, 3.63) is 34.9 Å². The smallest absolute Gasteiger partial charge is 0.0634 e. The molecule has 94 valence electrons. The molecular formula is C16H24O. The lowest BCUT2D eigenvalue weighted by molar-refractivity contribution is 0.0424. The third-order valence-electron chi connectivity index (χ3n) is 4.55. The number of hydrogen-bond donors (Lipinski definition) is 1. The average molecular weight is 232 g/mol. The lowest BCUT2D eigenvalue weighted by atomic mass is 9.80. The van der Waals surface area contributed by atoms with Crippen molar-refractivity contribution < 1.29 is 5.11 Å². The standard InChI is InChI=1S/C16H24O/c1-12-6-7-14(10-13(12)2)11-15(17)16(3)8-4-5-9-16/h6-7,10,15,17H,4-5,8-9,11H2,1-3H3. The van der Waals surface area contributed by atoms with Crippen molar-refractivity contribution >= 4 is 0 Å². The third kappa shape index (κ3) is 2.71. The molecule has 1 heteroatoms. The predicted molar refractivity (Wildman–Crippen MR) is 72.2 cm³/mol. The molecule has 0 spiro atoms. The van der Waals surface area contributed by atoms with Crippen LogP contribution in [0.4, 0.5) is 0 Å². The fourth-order valence-corrected chi connectivity index (χ4v) is 2.92. The SMILES string of the molecule is Cc1ccc(CC(O)C2(C)CCCC2)cc1C. The van der Waals surface area contributed by atoms with Gasteiger partial charge in [0, 0.05) is 0 Å². The highest BCUT2D eigenvalue weighted by molar-refractivity contribution is 5.30. The molecule has 0 bridgehead atoms. The van der Waals surface area contributed by atoms with Gasteiger partial charge in [0.1, 0.15) is 0 Å². The van der Waals surface area contributed by atoms with Crippen molar-refractivity contribution in [2.24, 2.45) is 5.41 Å². The topological polar surface area (TPSA) is 20.2 Å². The van der Waals surface area contributed by atoms with Gasteiger partial charge in [-0.1, -0.05) is 38.0 Å². The van der Waals surface area contributed by atoms with Gasteiger partial charge in [0.05, 0.1) is 6.10 Å². The largest absolute Gasteiger partial charge is 0.392 e. The number of aryl methyl sites for hydroxylation is 2. The van der Waals surface area contributed by atoms with Gasteiger partial charge in [-0.15, -0.1) is 0 Å². The minimum absolute atomic E-state index is 0.152. The Balaban J connectivity index is 2.07. The second kappa shape index (κ2) is 4.81. The Bertz CT molecular complexity index is 389. The average Bonchev–Trinajstić information content (AvgIpc) is 2.72. The maximum absolute atomic E-state index is 10.4. The van der Waals surface area contributed by atoms with Crippen molar-refractivity contribution in [1.82, 2.24) is 0 Å². The van der Waals surface area contributed by atoms with E-state index in [0.29, 0.717) is 0 Å².